The maximum Gasteiger partial charge on any atom is 0.0684 e. The van der Waals surface area contributed by atoms with Gasteiger partial charge in [0.2, 0.25) is 0 Å². The first kappa shape index (κ1) is 14.4. The minimum absolute atomic E-state index is 0.122. The molecule has 0 aromatic heterocycles. The molecule has 106 valence electrons. The smallest absolute Gasteiger partial charge is 0.0684 e. The van der Waals surface area contributed by atoms with Crippen LogP contribution in [-0.4, -0.2) is 43.2 Å². The lowest BCUT2D eigenvalue weighted by Crippen LogP contribution is -2.56. The van der Waals surface area contributed by atoms with E-state index in [1.807, 2.05) is 6.07 Å². The molecule has 1 fully saturated rings. The van der Waals surface area contributed by atoms with Crippen molar-refractivity contribution >= 4 is 5.69 Å². The van der Waals surface area contributed by atoms with Gasteiger partial charge in [0, 0.05) is 24.8 Å². The van der Waals surface area contributed by atoms with Gasteiger partial charge in [-0.1, -0.05) is 6.07 Å². The van der Waals surface area contributed by atoms with E-state index in [1.54, 1.807) is 0 Å². The SMILES string of the molecule is Cc1cc(N(C)CC2(N(C)C)CCC2)ccc1CO. The summed E-state index contributed by atoms with van der Waals surface area (Å²) in [5.74, 6) is 0. The van der Waals surface area contributed by atoms with Crippen molar-refractivity contribution in [3.63, 3.8) is 0 Å². The summed E-state index contributed by atoms with van der Waals surface area (Å²) in [4.78, 5) is 4.72. The molecular weight excluding hydrogens is 236 g/mol. The third-order valence-corrected chi connectivity index (χ3v) is 4.70. The Balaban J connectivity index is 2.11. The summed E-state index contributed by atoms with van der Waals surface area (Å²) in [5.41, 5.74) is 3.77. The topological polar surface area (TPSA) is 26.7 Å². The average molecular weight is 262 g/mol. The number of rotatable bonds is 5. The quantitative estimate of drug-likeness (QED) is 0.883. The molecule has 0 unspecified atom stereocenters. The number of aryl methyl sites for hydroxylation is 1. The van der Waals surface area contributed by atoms with Crippen LogP contribution in [0.1, 0.15) is 30.4 Å². The van der Waals surface area contributed by atoms with Crippen LogP contribution in [0.2, 0.25) is 0 Å². The monoisotopic (exact) mass is 262 g/mol. The van der Waals surface area contributed by atoms with Crippen LogP contribution in [0.3, 0.4) is 0 Å². The van der Waals surface area contributed by atoms with Crippen molar-refractivity contribution in [1.82, 2.24) is 4.90 Å². The minimum Gasteiger partial charge on any atom is -0.392 e. The summed E-state index contributed by atoms with van der Waals surface area (Å²) in [6.07, 6.45) is 3.92. The van der Waals surface area contributed by atoms with Crippen LogP contribution in [0.4, 0.5) is 5.69 Å². The highest BCUT2D eigenvalue weighted by molar-refractivity contribution is 5.50. The summed E-state index contributed by atoms with van der Waals surface area (Å²) in [6.45, 7) is 3.25. The zero-order valence-corrected chi connectivity index (χ0v) is 12.6. The lowest BCUT2D eigenvalue weighted by Gasteiger charge is -2.49. The molecule has 1 aliphatic rings. The molecule has 0 saturated heterocycles. The fourth-order valence-electron chi connectivity index (χ4n) is 2.96. The van der Waals surface area contributed by atoms with Crippen LogP contribution in [0, 0.1) is 6.92 Å². The van der Waals surface area contributed by atoms with Crippen molar-refractivity contribution in [2.24, 2.45) is 0 Å². The second-order valence-corrected chi connectivity index (χ2v) is 6.10. The minimum atomic E-state index is 0.122. The lowest BCUT2D eigenvalue weighted by atomic mass is 9.75. The fraction of sp³-hybridized carbons (Fsp3) is 0.625. The van der Waals surface area contributed by atoms with Gasteiger partial charge in [0.05, 0.1) is 6.61 Å². The Bertz CT molecular complexity index is 438. The van der Waals surface area contributed by atoms with Crippen LogP contribution < -0.4 is 4.90 Å². The highest BCUT2D eigenvalue weighted by atomic mass is 16.3. The van der Waals surface area contributed by atoms with Gasteiger partial charge in [-0.2, -0.15) is 0 Å². The number of anilines is 1. The Labute approximate surface area is 116 Å². The first-order valence-electron chi connectivity index (χ1n) is 7.07. The molecule has 1 aliphatic carbocycles. The van der Waals surface area contributed by atoms with E-state index in [1.165, 1.54) is 30.5 Å². The van der Waals surface area contributed by atoms with Gasteiger partial charge in [0.15, 0.2) is 0 Å². The Hall–Kier alpha value is -1.06. The van der Waals surface area contributed by atoms with Crippen LogP contribution in [0.25, 0.3) is 0 Å². The molecule has 1 saturated carbocycles. The Morgan fingerprint density at radius 3 is 2.32 bits per heavy atom. The molecule has 0 heterocycles. The van der Waals surface area contributed by atoms with E-state index < -0.39 is 0 Å². The van der Waals surface area contributed by atoms with Gasteiger partial charge in [-0.25, -0.2) is 0 Å². The molecule has 1 aromatic carbocycles. The van der Waals surface area contributed by atoms with Gasteiger partial charge < -0.3 is 14.9 Å². The predicted octanol–water partition coefficient (Wildman–Crippen LogP) is 2.41. The largest absolute Gasteiger partial charge is 0.392 e. The number of benzene rings is 1. The molecular formula is C16H26N2O. The zero-order chi connectivity index (χ0) is 14.0. The van der Waals surface area contributed by atoms with E-state index in [-0.39, 0.29) is 6.61 Å². The van der Waals surface area contributed by atoms with Crippen molar-refractivity contribution in [2.45, 2.75) is 38.3 Å². The molecule has 3 nitrogen and oxygen atoms in total. The highest BCUT2D eigenvalue weighted by Gasteiger charge is 2.39. The maximum absolute atomic E-state index is 9.23. The molecule has 19 heavy (non-hydrogen) atoms. The molecule has 0 amide bonds. The molecule has 3 heteroatoms. The van der Waals surface area contributed by atoms with Crippen molar-refractivity contribution in [3.8, 4) is 0 Å². The standard InChI is InChI=1S/C16H26N2O/c1-13-10-15(7-6-14(13)11-19)18(4)12-16(17(2)3)8-5-9-16/h6-7,10,19H,5,8-9,11-12H2,1-4H3. The molecule has 1 N–H and O–H groups in total. The maximum atomic E-state index is 9.23. The van der Waals surface area contributed by atoms with Gasteiger partial charge >= 0.3 is 0 Å². The first-order chi connectivity index (χ1) is 8.98. The third-order valence-electron chi connectivity index (χ3n) is 4.70. The number of likely N-dealkylation sites (N-methyl/N-ethyl adjacent to an activating group) is 2. The molecule has 0 spiro atoms. The van der Waals surface area contributed by atoms with E-state index in [9.17, 15) is 5.11 Å². The Kier molecular flexibility index (Phi) is 4.16. The van der Waals surface area contributed by atoms with Crippen molar-refractivity contribution in [3.05, 3.63) is 29.3 Å². The van der Waals surface area contributed by atoms with Gasteiger partial charge in [-0.05, 0) is 63.5 Å². The predicted molar refractivity (Wildman–Crippen MR) is 80.6 cm³/mol. The molecule has 0 aliphatic heterocycles. The van der Waals surface area contributed by atoms with Crippen molar-refractivity contribution in [2.75, 3.05) is 32.6 Å². The number of nitrogens with zero attached hydrogens (tertiary/aromatic N) is 2. The van der Waals surface area contributed by atoms with Gasteiger partial charge in [0.1, 0.15) is 0 Å². The average Bonchev–Trinajstić information content (AvgIpc) is 2.32. The van der Waals surface area contributed by atoms with Gasteiger partial charge in [-0.15, -0.1) is 0 Å². The molecule has 0 radical (unpaired) electrons. The number of aliphatic hydroxyl groups excluding tert-OH is 1. The lowest BCUT2D eigenvalue weighted by molar-refractivity contribution is 0.0683. The highest BCUT2D eigenvalue weighted by Crippen LogP contribution is 2.37. The molecule has 0 bridgehead atoms. The summed E-state index contributed by atoms with van der Waals surface area (Å²) in [6, 6.07) is 6.32. The van der Waals surface area contributed by atoms with Gasteiger partial charge in [-0.3, -0.25) is 0 Å². The van der Waals surface area contributed by atoms with Crippen LogP contribution in [-0.2, 0) is 6.61 Å². The Morgan fingerprint density at radius 2 is 1.89 bits per heavy atom. The zero-order valence-electron chi connectivity index (χ0n) is 12.6. The van der Waals surface area contributed by atoms with Crippen LogP contribution in [0.15, 0.2) is 18.2 Å². The van der Waals surface area contributed by atoms with Crippen molar-refractivity contribution < 1.29 is 5.11 Å². The summed E-state index contributed by atoms with van der Waals surface area (Å²) < 4.78 is 0. The fourth-order valence-corrected chi connectivity index (χ4v) is 2.96. The Morgan fingerprint density at radius 1 is 1.21 bits per heavy atom. The number of aliphatic hydroxyl groups is 1. The second-order valence-electron chi connectivity index (χ2n) is 6.10. The molecule has 0 atom stereocenters. The number of hydrogen-bond acceptors (Lipinski definition) is 3. The third kappa shape index (κ3) is 2.77. The van der Waals surface area contributed by atoms with Gasteiger partial charge in [0.25, 0.3) is 0 Å². The van der Waals surface area contributed by atoms with E-state index in [2.05, 4.69) is 50.0 Å². The van der Waals surface area contributed by atoms with E-state index in [0.717, 1.165) is 12.1 Å². The molecule has 2 rings (SSSR count). The van der Waals surface area contributed by atoms with E-state index in [0.29, 0.717) is 5.54 Å². The summed E-state index contributed by atoms with van der Waals surface area (Å²) >= 11 is 0. The van der Waals surface area contributed by atoms with Crippen molar-refractivity contribution in [1.29, 1.82) is 0 Å². The second kappa shape index (κ2) is 5.51. The first-order valence-corrected chi connectivity index (χ1v) is 7.07. The van der Waals surface area contributed by atoms with Crippen LogP contribution in [0.5, 0.6) is 0 Å². The van der Waals surface area contributed by atoms with E-state index >= 15 is 0 Å². The summed E-state index contributed by atoms with van der Waals surface area (Å²) in [7, 11) is 6.54. The summed E-state index contributed by atoms with van der Waals surface area (Å²) in [5, 5.41) is 9.23. The van der Waals surface area contributed by atoms with E-state index in [4.69, 9.17) is 0 Å². The molecule has 1 aromatic rings. The number of hydrogen-bond donors (Lipinski definition) is 1. The van der Waals surface area contributed by atoms with Crippen LogP contribution >= 0.6 is 0 Å². The normalized spacial score (nSPS) is 17.4.